The van der Waals surface area contributed by atoms with Gasteiger partial charge in [0.25, 0.3) is 0 Å². The molecule has 1 aromatic heterocycles. The van der Waals surface area contributed by atoms with E-state index in [2.05, 4.69) is 10.6 Å². The van der Waals surface area contributed by atoms with Gasteiger partial charge >= 0.3 is 6.03 Å². The van der Waals surface area contributed by atoms with E-state index in [4.69, 9.17) is 5.11 Å². The van der Waals surface area contributed by atoms with Crippen molar-refractivity contribution in [2.45, 2.75) is 19.4 Å². The van der Waals surface area contributed by atoms with E-state index in [1.807, 2.05) is 24.4 Å². The highest BCUT2D eigenvalue weighted by atomic mass is 32.1. The van der Waals surface area contributed by atoms with Crippen LogP contribution in [-0.4, -0.2) is 24.3 Å². The maximum atomic E-state index is 11.3. The summed E-state index contributed by atoms with van der Waals surface area (Å²) in [5.74, 6) is 0. The summed E-state index contributed by atoms with van der Waals surface area (Å²) in [5, 5.41) is 16.0. The highest BCUT2D eigenvalue weighted by Gasteiger charge is 2.12. The molecule has 0 aliphatic heterocycles. The van der Waals surface area contributed by atoms with E-state index in [1.54, 1.807) is 11.3 Å². The molecular formula is C10H16N2O2S. The summed E-state index contributed by atoms with van der Waals surface area (Å²) in [4.78, 5) is 12.5. The van der Waals surface area contributed by atoms with Crippen molar-refractivity contribution in [3.8, 4) is 0 Å². The molecule has 0 bridgehead atoms. The van der Waals surface area contributed by atoms with Crippen LogP contribution in [0.25, 0.3) is 0 Å². The second-order valence-corrected chi connectivity index (χ2v) is 4.08. The number of thiophene rings is 1. The van der Waals surface area contributed by atoms with Gasteiger partial charge in [0.05, 0.1) is 12.6 Å². The van der Waals surface area contributed by atoms with Crippen molar-refractivity contribution in [2.75, 3.05) is 13.2 Å². The van der Waals surface area contributed by atoms with Gasteiger partial charge in [0.2, 0.25) is 0 Å². The van der Waals surface area contributed by atoms with Crippen LogP contribution in [0.2, 0.25) is 0 Å². The molecule has 0 aliphatic carbocycles. The smallest absolute Gasteiger partial charge is 0.315 e. The van der Waals surface area contributed by atoms with Gasteiger partial charge in [0.15, 0.2) is 0 Å². The molecule has 0 aliphatic rings. The Morgan fingerprint density at radius 1 is 1.67 bits per heavy atom. The van der Waals surface area contributed by atoms with Crippen LogP contribution in [0.4, 0.5) is 4.79 Å². The Labute approximate surface area is 93.3 Å². The number of aliphatic hydroxyl groups excluding tert-OH is 1. The maximum absolute atomic E-state index is 11.3. The Balaban J connectivity index is 2.44. The molecule has 4 nitrogen and oxygen atoms in total. The second kappa shape index (κ2) is 6.42. The molecular weight excluding hydrogens is 212 g/mol. The van der Waals surface area contributed by atoms with Gasteiger partial charge in [-0.15, -0.1) is 11.3 Å². The molecule has 0 aromatic carbocycles. The third-order valence-electron chi connectivity index (χ3n) is 2.00. The molecule has 3 N–H and O–H groups in total. The normalized spacial score (nSPS) is 12.1. The molecule has 1 aromatic rings. The Morgan fingerprint density at radius 2 is 2.47 bits per heavy atom. The first kappa shape index (κ1) is 12.0. The van der Waals surface area contributed by atoms with Crippen LogP contribution in [0.15, 0.2) is 17.5 Å². The number of aliphatic hydroxyl groups is 1. The Morgan fingerprint density at radius 3 is 3.00 bits per heavy atom. The fraction of sp³-hybridized carbons (Fsp3) is 0.500. The fourth-order valence-corrected chi connectivity index (χ4v) is 2.10. The van der Waals surface area contributed by atoms with Crippen LogP contribution < -0.4 is 10.6 Å². The number of carbonyl (C=O) groups is 1. The Bertz CT molecular complexity index is 288. The lowest BCUT2D eigenvalue weighted by Gasteiger charge is -2.15. The molecule has 15 heavy (non-hydrogen) atoms. The van der Waals surface area contributed by atoms with Crippen LogP contribution >= 0.6 is 11.3 Å². The molecule has 0 radical (unpaired) electrons. The molecule has 0 spiro atoms. The summed E-state index contributed by atoms with van der Waals surface area (Å²) >= 11 is 1.63. The first-order chi connectivity index (χ1) is 7.27. The number of carbonyl (C=O) groups excluding carboxylic acids is 1. The lowest BCUT2D eigenvalue weighted by atomic mass is 10.2. The summed E-state index contributed by atoms with van der Waals surface area (Å²) in [6.45, 7) is 2.27. The summed E-state index contributed by atoms with van der Waals surface area (Å²) in [5.41, 5.74) is 0. The van der Waals surface area contributed by atoms with Crippen molar-refractivity contribution in [1.82, 2.24) is 10.6 Å². The zero-order valence-electron chi connectivity index (χ0n) is 8.69. The van der Waals surface area contributed by atoms with Crippen LogP contribution in [0, 0.1) is 0 Å². The third kappa shape index (κ3) is 3.89. The number of amides is 2. The SMILES string of the molecule is CCC(NC(=O)NCCO)c1cccs1. The van der Waals surface area contributed by atoms with Gasteiger partial charge in [-0.3, -0.25) is 0 Å². The van der Waals surface area contributed by atoms with Gasteiger partial charge in [-0.1, -0.05) is 13.0 Å². The van der Waals surface area contributed by atoms with Gasteiger partial charge in [0, 0.05) is 11.4 Å². The minimum atomic E-state index is -0.232. The molecule has 5 heteroatoms. The minimum absolute atomic E-state index is 0.0385. The van der Waals surface area contributed by atoms with Crippen LogP contribution in [0.1, 0.15) is 24.3 Å². The highest BCUT2D eigenvalue weighted by Crippen LogP contribution is 2.21. The van der Waals surface area contributed by atoms with E-state index >= 15 is 0 Å². The van der Waals surface area contributed by atoms with E-state index < -0.39 is 0 Å². The number of hydrogen-bond donors (Lipinski definition) is 3. The molecule has 0 saturated carbocycles. The molecule has 1 rings (SSSR count). The van der Waals surface area contributed by atoms with Crippen LogP contribution in [-0.2, 0) is 0 Å². The zero-order chi connectivity index (χ0) is 11.1. The van der Waals surface area contributed by atoms with E-state index in [0.717, 1.165) is 11.3 Å². The van der Waals surface area contributed by atoms with Gasteiger partial charge in [-0.25, -0.2) is 4.79 Å². The van der Waals surface area contributed by atoms with Crippen LogP contribution in [0.5, 0.6) is 0 Å². The topological polar surface area (TPSA) is 61.4 Å². The molecule has 1 heterocycles. The lowest BCUT2D eigenvalue weighted by molar-refractivity contribution is 0.230. The van der Waals surface area contributed by atoms with E-state index in [0.29, 0.717) is 0 Å². The first-order valence-corrected chi connectivity index (χ1v) is 5.84. The average molecular weight is 228 g/mol. The van der Waals surface area contributed by atoms with E-state index in [1.165, 1.54) is 0 Å². The molecule has 0 saturated heterocycles. The largest absolute Gasteiger partial charge is 0.395 e. The van der Waals surface area contributed by atoms with Gasteiger partial charge in [-0.2, -0.15) is 0 Å². The molecule has 1 atom stereocenters. The fourth-order valence-electron chi connectivity index (χ4n) is 1.24. The first-order valence-electron chi connectivity index (χ1n) is 4.96. The summed E-state index contributed by atoms with van der Waals surface area (Å²) < 4.78 is 0. The van der Waals surface area contributed by atoms with Gasteiger partial charge < -0.3 is 15.7 Å². The molecule has 2 amide bonds. The molecule has 0 fully saturated rings. The predicted octanol–water partition coefficient (Wildman–Crippen LogP) is 1.49. The van der Waals surface area contributed by atoms with Crippen molar-refractivity contribution in [2.24, 2.45) is 0 Å². The summed E-state index contributed by atoms with van der Waals surface area (Å²) in [6, 6.07) is 3.80. The van der Waals surface area contributed by atoms with Gasteiger partial charge in [0.1, 0.15) is 0 Å². The number of urea groups is 1. The monoisotopic (exact) mass is 228 g/mol. The quantitative estimate of drug-likeness (QED) is 0.715. The van der Waals surface area contributed by atoms with Crippen molar-refractivity contribution < 1.29 is 9.90 Å². The zero-order valence-corrected chi connectivity index (χ0v) is 9.51. The third-order valence-corrected chi connectivity index (χ3v) is 2.98. The summed E-state index contributed by atoms with van der Waals surface area (Å²) in [6.07, 6.45) is 0.854. The number of hydrogen-bond acceptors (Lipinski definition) is 3. The van der Waals surface area contributed by atoms with Crippen LogP contribution in [0.3, 0.4) is 0 Å². The Hall–Kier alpha value is -1.07. The lowest BCUT2D eigenvalue weighted by Crippen LogP contribution is -2.38. The van der Waals surface area contributed by atoms with Gasteiger partial charge in [-0.05, 0) is 17.9 Å². The average Bonchev–Trinajstić information content (AvgIpc) is 2.76. The van der Waals surface area contributed by atoms with E-state index in [9.17, 15) is 4.79 Å². The Kier molecular flexibility index (Phi) is 5.14. The predicted molar refractivity (Wildman–Crippen MR) is 61.0 cm³/mol. The molecule has 84 valence electrons. The standard InChI is InChI=1S/C10H16N2O2S/c1-2-8(9-4-3-7-15-9)12-10(14)11-5-6-13/h3-4,7-8,13H,2,5-6H2,1H3,(H2,11,12,14). The number of rotatable bonds is 5. The van der Waals surface area contributed by atoms with E-state index in [-0.39, 0.29) is 25.2 Å². The molecule has 1 unspecified atom stereocenters. The van der Waals surface area contributed by atoms with Crippen molar-refractivity contribution in [1.29, 1.82) is 0 Å². The van der Waals surface area contributed by atoms with Crippen molar-refractivity contribution >= 4 is 17.4 Å². The maximum Gasteiger partial charge on any atom is 0.315 e. The van der Waals surface area contributed by atoms with Crippen molar-refractivity contribution in [3.05, 3.63) is 22.4 Å². The van der Waals surface area contributed by atoms with Crippen molar-refractivity contribution in [3.63, 3.8) is 0 Å². The number of nitrogens with one attached hydrogen (secondary N) is 2. The highest BCUT2D eigenvalue weighted by molar-refractivity contribution is 7.10. The summed E-state index contributed by atoms with van der Waals surface area (Å²) in [7, 11) is 0. The second-order valence-electron chi connectivity index (χ2n) is 3.10. The minimum Gasteiger partial charge on any atom is -0.395 e.